The number of ether oxygens (including phenoxy) is 2. The molecule has 0 aliphatic carbocycles. The van der Waals surface area contributed by atoms with E-state index in [0.717, 1.165) is 12.3 Å². The summed E-state index contributed by atoms with van der Waals surface area (Å²) >= 11 is 0. The van der Waals surface area contributed by atoms with E-state index in [0.29, 0.717) is 26.3 Å². The second kappa shape index (κ2) is 5.89. The number of hydrogen-bond donors (Lipinski definition) is 0. The molecule has 19 heavy (non-hydrogen) atoms. The molecule has 0 aromatic carbocycles. The van der Waals surface area contributed by atoms with E-state index in [1.165, 1.54) is 0 Å². The SMILES string of the molecule is COC[C@H]1CN(c2ncc([N+](=O)[O-])cc2F)CCO1. The highest BCUT2D eigenvalue weighted by atomic mass is 19.1. The fourth-order valence-corrected chi connectivity index (χ4v) is 1.95. The first-order valence-electron chi connectivity index (χ1n) is 5.77. The average molecular weight is 271 g/mol. The molecule has 0 amide bonds. The number of aromatic nitrogens is 1. The molecule has 0 saturated carbocycles. The van der Waals surface area contributed by atoms with Gasteiger partial charge < -0.3 is 14.4 Å². The Morgan fingerprint density at radius 1 is 1.74 bits per heavy atom. The minimum absolute atomic E-state index is 0.106. The number of morpholine rings is 1. The van der Waals surface area contributed by atoms with Crippen LogP contribution in [-0.4, -0.2) is 49.4 Å². The van der Waals surface area contributed by atoms with E-state index in [-0.39, 0.29) is 17.6 Å². The summed E-state index contributed by atoms with van der Waals surface area (Å²) < 4.78 is 24.3. The van der Waals surface area contributed by atoms with Crippen LogP contribution >= 0.6 is 0 Å². The number of pyridine rings is 1. The van der Waals surface area contributed by atoms with Crippen LogP contribution in [0.4, 0.5) is 15.9 Å². The lowest BCUT2D eigenvalue weighted by Gasteiger charge is -2.33. The Kier molecular flexibility index (Phi) is 4.23. The summed E-state index contributed by atoms with van der Waals surface area (Å²) in [6.07, 6.45) is 0.897. The minimum Gasteiger partial charge on any atom is -0.382 e. The zero-order chi connectivity index (χ0) is 13.8. The minimum atomic E-state index is -0.702. The number of nitro groups is 1. The highest BCUT2D eigenvalue weighted by Crippen LogP contribution is 2.22. The molecule has 0 bridgehead atoms. The molecule has 2 rings (SSSR count). The molecule has 8 heteroatoms. The molecular weight excluding hydrogens is 257 g/mol. The van der Waals surface area contributed by atoms with E-state index in [1.807, 2.05) is 0 Å². The Hall–Kier alpha value is -1.80. The maximum Gasteiger partial charge on any atom is 0.290 e. The molecule has 2 heterocycles. The molecule has 1 fully saturated rings. The van der Waals surface area contributed by atoms with Crippen LogP contribution in [0.2, 0.25) is 0 Å². The second-order valence-corrected chi connectivity index (χ2v) is 4.15. The van der Waals surface area contributed by atoms with Gasteiger partial charge in [-0.2, -0.15) is 0 Å². The lowest BCUT2D eigenvalue weighted by molar-refractivity contribution is -0.385. The first kappa shape index (κ1) is 13.6. The average Bonchev–Trinajstić information content (AvgIpc) is 2.39. The fraction of sp³-hybridized carbons (Fsp3) is 0.545. The third-order valence-electron chi connectivity index (χ3n) is 2.81. The predicted molar refractivity (Wildman–Crippen MR) is 64.7 cm³/mol. The van der Waals surface area contributed by atoms with Crippen molar-refractivity contribution in [1.82, 2.24) is 4.98 Å². The monoisotopic (exact) mass is 271 g/mol. The van der Waals surface area contributed by atoms with Crippen molar-refractivity contribution in [1.29, 1.82) is 0 Å². The molecule has 1 aromatic heterocycles. The lowest BCUT2D eigenvalue weighted by Crippen LogP contribution is -2.45. The maximum absolute atomic E-state index is 13.8. The van der Waals surface area contributed by atoms with Gasteiger partial charge in [0, 0.05) is 20.2 Å². The fourth-order valence-electron chi connectivity index (χ4n) is 1.95. The van der Waals surface area contributed by atoms with E-state index < -0.39 is 10.7 Å². The topological polar surface area (TPSA) is 77.7 Å². The van der Waals surface area contributed by atoms with Crippen LogP contribution in [0.15, 0.2) is 12.3 Å². The van der Waals surface area contributed by atoms with Crippen molar-refractivity contribution in [2.24, 2.45) is 0 Å². The number of nitrogens with zero attached hydrogens (tertiary/aromatic N) is 3. The van der Waals surface area contributed by atoms with Gasteiger partial charge in [0.05, 0.1) is 30.3 Å². The highest BCUT2D eigenvalue weighted by molar-refractivity contribution is 5.45. The molecule has 0 N–H and O–H groups in total. The number of anilines is 1. The molecular formula is C11H14FN3O4. The van der Waals surface area contributed by atoms with Gasteiger partial charge in [-0.1, -0.05) is 0 Å². The van der Waals surface area contributed by atoms with Gasteiger partial charge in [0.25, 0.3) is 5.69 Å². The standard InChI is InChI=1S/C11H14FN3O4/c1-18-7-9-6-14(2-3-19-9)11-10(12)4-8(5-13-11)15(16)17/h4-5,9H,2-3,6-7H2,1H3/t9-/m1/s1. The van der Waals surface area contributed by atoms with Crippen molar-refractivity contribution < 1.29 is 18.8 Å². The van der Waals surface area contributed by atoms with Crippen molar-refractivity contribution in [3.63, 3.8) is 0 Å². The van der Waals surface area contributed by atoms with Crippen LogP contribution in [0.25, 0.3) is 0 Å². The maximum atomic E-state index is 13.8. The third kappa shape index (κ3) is 3.15. The number of halogens is 1. The number of rotatable bonds is 4. The van der Waals surface area contributed by atoms with Crippen molar-refractivity contribution in [2.75, 3.05) is 38.3 Å². The van der Waals surface area contributed by atoms with Gasteiger partial charge in [-0.15, -0.1) is 0 Å². The Bertz CT molecular complexity index is 469. The van der Waals surface area contributed by atoms with Gasteiger partial charge in [0.15, 0.2) is 11.6 Å². The van der Waals surface area contributed by atoms with Crippen LogP contribution in [0.5, 0.6) is 0 Å². The first-order valence-corrected chi connectivity index (χ1v) is 5.77. The summed E-state index contributed by atoms with van der Waals surface area (Å²) in [6.45, 7) is 1.77. The van der Waals surface area contributed by atoms with Crippen LogP contribution in [0.3, 0.4) is 0 Å². The van der Waals surface area contributed by atoms with E-state index >= 15 is 0 Å². The number of methoxy groups -OCH3 is 1. The lowest BCUT2D eigenvalue weighted by atomic mass is 10.2. The summed E-state index contributed by atoms with van der Waals surface area (Å²) in [7, 11) is 1.56. The zero-order valence-corrected chi connectivity index (χ0v) is 10.4. The van der Waals surface area contributed by atoms with Gasteiger partial charge in [-0.3, -0.25) is 10.1 Å². The summed E-state index contributed by atoms with van der Waals surface area (Å²) in [6, 6.07) is 0.878. The molecule has 7 nitrogen and oxygen atoms in total. The summed E-state index contributed by atoms with van der Waals surface area (Å²) in [5.74, 6) is -0.595. The van der Waals surface area contributed by atoms with Crippen molar-refractivity contribution in [3.05, 3.63) is 28.2 Å². The predicted octanol–water partition coefficient (Wildman–Crippen LogP) is 0.980. The zero-order valence-electron chi connectivity index (χ0n) is 10.4. The van der Waals surface area contributed by atoms with E-state index in [9.17, 15) is 14.5 Å². The molecule has 1 aromatic rings. The molecule has 0 radical (unpaired) electrons. The third-order valence-corrected chi connectivity index (χ3v) is 2.81. The smallest absolute Gasteiger partial charge is 0.290 e. The van der Waals surface area contributed by atoms with Crippen molar-refractivity contribution in [2.45, 2.75) is 6.10 Å². The molecule has 1 aliphatic rings. The van der Waals surface area contributed by atoms with Crippen molar-refractivity contribution in [3.8, 4) is 0 Å². The van der Waals surface area contributed by atoms with E-state index in [1.54, 1.807) is 12.0 Å². The van der Waals surface area contributed by atoms with Gasteiger partial charge in [-0.25, -0.2) is 9.37 Å². The summed E-state index contributed by atoms with van der Waals surface area (Å²) in [5.41, 5.74) is -0.358. The van der Waals surface area contributed by atoms with Gasteiger partial charge in [-0.05, 0) is 0 Å². The largest absolute Gasteiger partial charge is 0.382 e. The Morgan fingerprint density at radius 2 is 2.53 bits per heavy atom. The van der Waals surface area contributed by atoms with Crippen LogP contribution < -0.4 is 4.90 Å². The molecule has 1 aliphatic heterocycles. The molecule has 1 saturated heterocycles. The van der Waals surface area contributed by atoms with Gasteiger partial charge in [0.1, 0.15) is 6.20 Å². The molecule has 0 unspecified atom stereocenters. The van der Waals surface area contributed by atoms with Crippen molar-refractivity contribution >= 4 is 11.5 Å². The van der Waals surface area contributed by atoms with Crippen LogP contribution in [-0.2, 0) is 9.47 Å². The molecule has 104 valence electrons. The first-order chi connectivity index (χ1) is 9.11. The van der Waals surface area contributed by atoms with Gasteiger partial charge >= 0.3 is 0 Å². The summed E-state index contributed by atoms with van der Waals surface area (Å²) in [5, 5.41) is 10.5. The Balaban J connectivity index is 2.15. The quantitative estimate of drug-likeness (QED) is 0.600. The van der Waals surface area contributed by atoms with E-state index in [4.69, 9.17) is 9.47 Å². The molecule has 0 spiro atoms. The van der Waals surface area contributed by atoms with Crippen LogP contribution in [0, 0.1) is 15.9 Å². The normalized spacial score (nSPS) is 19.5. The second-order valence-electron chi connectivity index (χ2n) is 4.15. The Labute approximate surface area is 109 Å². The highest BCUT2D eigenvalue weighted by Gasteiger charge is 2.24. The molecule has 1 atom stereocenters. The number of hydrogen-bond acceptors (Lipinski definition) is 6. The Morgan fingerprint density at radius 3 is 3.16 bits per heavy atom. The summed E-state index contributed by atoms with van der Waals surface area (Å²) in [4.78, 5) is 15.4. The van der Waals surface area contributed by atoms with Crippen LogP contribution in [0.1, 0.15) is 0 Å². The van der Waals surface area contributed by atoms with Gasteiger partial charge in [0.2, 0.25) is 0 Å². The van der Waals surface area contributed by atoms with E-state index in [2.05, 4.69) is 4.98 Å².